The van der Waals surface area contributed by atoms with E-state index in [4.69, 9.17) is 19.7 Å². The molecule has 0 radical (unpaired) electrons. The van der Waals surface area contributed by atoms with E-state index in [1.54, 1.807) is 6.92 Å². The number of anilines is 1. The standard InChI is InChI=1S/C23H28N6O3S/c1-13-25-21(24)19-22(26-13)31-23(2,3)20(27-19)17-10-8-16(9-11-17)15-6-4-14(5-7-15)12-18-28-32-33(30)29-18/h8-11,14-15H,4-7,12H2,1-3H3,(H,28,29)(H2,24,25,26). The summed E-state index contributed by atoms with van der Waals surface area (Å²) in [5.41, 5.74) is 11.8. The van der Waals surface area contributed by atoms with E-state index in [1.165, 1.54) is 5.56 Å². The Labute approximate surface area is 195 Å². The number of nitrogens with zero attached hydrogens (tertiary/aromatic N) is 4. The van der Waals surface area contributed by atoms with Crippen LogP contribution < -0.4 is 16.0 Å². The van der Waals surface area contributed by atoms with Gasteiger partial charge in [0.25, 0.3) is 0 Å². The highest BCUT2D eigenvalue weighted by atomic mass is 32.2. The van der Waals surface area contributed by atoms with Gasteiger partial charge in [0, 0.05) is 12.0 Å². The average Bonchev–Trinajstić information content (AvgIpc) is 3.18. The maximum absolute atomic E-state index is 11.2. The largest absolute Gasteiger partial charge is 0.463 e. The van der Waals surface area contributed by atoms with Crippen LogP contribution >= 0.6 is 0 Å². The van der Waals surface area contributed by atoms with Gasteiger partial charge in [-0.3, -0.25) is 0 Å². The van der Waals surface area contributed by atoms with Gasteiger partial charge in [-0.1, -0.05) is 24.3 Å². The van der Waals surface area contributed by atoms with Gasteiger partial charge < -0.3 is 10.5 Å². The monoisotopic (exact) mass is 468 g/mol. The lowest BCUT2D eigenvalue weighted by Crippen LogP contribution is -2.41. The van der Waals surface area contributed by atoms with E-state index in [9.17, 15) is 4.21 Å². The smallest absolute Gasteiger partial charge is 0.309 e. The summed E-state index contributed by atoms with van der Waals surface area (Å²) in [7, 11) is 0. The summed E-state index contributed by atoms with van der Waals surface area (Å²) >= 11 is -1.57. The van der Waals surface area contributed by atoms with E-state index < -0.39 is 16.9 Å². The molecular weight excluding hydrogens is 440 g/mol. The number of hydrogen-bond acceptors (Lipinski definition) is 8. The summed E-state index contributed by atoms with van der Waals surface area (Å²) in [6.07, 6.45) is 5.26. The lowest BCUT2D eigenvalue weighted by Gasteiger charge is -2.32. The summed E-state index contributed by atoms with van der Waals surface area (Å²) in [5.74, 6) is 3.09. The average molecular weight is 469 g/mol. The summed E-state index contributed by atoms with van der Waals surface area (Å²) < 4.78 is 26.1. The minimum atomic E-state index is -1.57. The Morgan fingerprint density at radius 1 is 1.15 bits per heavy atom. The molecule has 3 aliphatic rings. The van der Waals surface area contributed by atoms with Gasteiger partial charge >= 0.3 is 11.3 Å². The first-order valence-corrected chi connectivity index (χ1v) is 12.3. The van der Waals surface area contributed by atoms with Crippen molar-refractivity contribution in [3.8, 4) is 5.88 Å². The second-order valence-electron chi connectivity index (χ2n) is 9.37. The number of aryl methyl sites for hydroxylation is 1. The van der Waals surface area contributed by atoms with Gasteiger partial charge in [-0.05, 0) is 63.9 Å². The van der Waals surface area contributed by atoms with Crippen LogP contribution in [0.3, 0.4) is 0 Å². The molecule has 0 amide bonds. The maximum atomic E-state index is 11.2. The van der Waals surface area contributed by atoms with Gasteiger partial charge in [0.1, 0.15) is 17.3 Å². The number of nitrogens with two attached hydrogens (primary N) is 1. The van der Waals surface area contributed by atoms with Crippen molar-refractivity contribution < 1.29 is 13.2 Å². The highest BCUT2D eigenvalue weighted by Gasteiger charge is 2.35. The van der Waals surface area contributed by atoms with E-state index in [-0.39, 0.29) is 0 Å². The van der Waals surface area contributed by atoms with Gasteiger partial charge in [0.2, 0.25) is 5.88 Å². The van der Waals surface area contributed by atoms with Crippen LogP contribution in [-0.4, -0.2) is 31.3 Å². The van der Waals surface area contributed by atoms with Crippen molar-refractivity contribution >= 4 is 34.3 Å². The molecule has 2 aliphatic heterocycles. The lowest BCUT2D eigenvalue weighted by atomic mass is 9.77. The molecule has 2 aromatic rings. The zero-order chi connectivity index (χ0) is 23.2. The van der Waals surface area contributed by atoms with Crippen LogP contribution in [0.2, 0.25) is 0 Å². The van der Waals surface area contributed by atoms with Crippen LogP contribution in [0.4, 0.5) is 11.5 Å². The number of rotatable bonds is 4. The van der Waals surface area contributed by atoms with Gasteiger partial charge in [-0.15, -0.1) is 4.40 Å². The molecule has 0 saturated heterocycles. The molecule has 3 heterocycles. The Hall–Kier alpha value is -2.85. The van der Waals surface area contributed by atoms with Crippen LogP contribution in [0.15, 0.2) is 33.7 Å². The Morgan fingerprint density at radius 3 is 2.55 bits per heavy atom. The molecule has 1 aliphatic carbocycles. The number of aliphatic imine (C=N–C) groups is 1. The first-order chi connectivity index (χ1) is 15.8. The normalized spacial score (nSPS) is 26.0. The molecule has 1 fully saturated rings. The Bertz CT molecular complexity index is 1150. The summed E-state index contributed by atoms with van der Waals surface area (Å²) in [5, 5.41) is 0. The van der Waals surface area contributed by atoms with Crippen LogP contribution in [-0.2, 0) is 15.6 Å². The molecule has 1 atom stereocenters. The molecule has 1 unspecified atom stereocenters. The maximum Gasteiger partial charge on any atom is 0.309 e. The first kappa shape index (κ1) is 22.0. The number of ether oxygens (including phenoxy) is 1. The number of benzene rings is 1. The van der Waals surface area contributed by atoms with Crippen LogP contribution in [0, 0.1) is 12.8 Å². The Morgan fingerprint density at radius 2 is 1.88 bits per heavy atom. The molecule has 9 nitrogen and oxygen atoms in total. The minimum absolute atomic E-state index is 0.329. The SMILES string of the molecule is Cc1nc(N)c2c(n1)OC(C)(C)C(c1ccc(C3CCC(CC4=NS(=O)ON4)CC3)cc1)=N2. The minimum Gasteiger partial charge on any atom is -0.463 e. The van der Waals surface area contributed by atoms with Crippen molar-refractivity contribution in [1.82, 2.24) is 15.4 Å². The van der Waals surface area contributed by atoms with E-state index >= 15 is 0 Å². The van der Waals surface area contributed by atoms with E-state index in [0.717, 1.165) is 43.4 Å². The van der Waals surface area contributed by atoms with Gasteiger partial charge in [0.15, 0.2) is 11.5 Å². The topological polar surface area (TPSA) is 124 Å². The number of hydrogen-bond donors (Lipinski definition) is 2. The molecule has 1 aromatic heterocycles. The molecule has 1 saturated carbocycles. The highest BCUT2D eigenvalue weighted by molar-refractivity contribution is 7.79. The van der Waals surface area contributed by atoms with Gasteiger partial charge in [0.05, 0.1) is 5.71 Å². The van der Waals surface area contributed by atoms with Crippen molar-refractivity contribution in [3.63, 3.8) is 0 Å². The molecule has 33 heavy (non-hydrogen) atoms. The number of fused-ring (bicyclic) bond motifs is 1. The second-order valence-corrected chi connectivity index (χ2v) is 10.2. The Balaban J connectivity index is 1.29. The molecule has 3 N–H and O–H groups in total. The number of amidine groups is 1. The molecule has 0 spiro atoms. The predicted molar refractivity (Wildman–Crippen MR) is 128 cm³/mol. The third-order valence-electron chi connectivity index (χ3n) is 6.54. The fourth-order valence-electron chi connectivity index (χ4n) is 4.86. The van der Waals surface area contributed by atoms with E-state index in [1.807, 2.05) is 13.8 Å². The number of hydroxylamine groups is 1. The highest BCUT2D eigenvalue weighted by Crippen LogP contribution is 2.40. The van der Waals surface area contributed by atoms with Crippen molar-refractivity contribution in [1.29, 1.82) is 0 Å². The third-order valence-corrected chi connectivity index (χ3v) is 7.13. The molecular formula is C23H28N6O3S. The van der Waals surface area contributed by atoms with Gasteiger partial charge in [-0.2, -0.15) is 9.27 Å². The summed E-state index contributed by atoms with van der Waals surface area (Å²) in [6, 6.07) is 8.63. The zero-order valence-electron chi connectivity index (χ0n) is 19.0. The van der Waals surface area contributed by atoms with Crippen LogP contribution in [0.1, 0.15) is 68.8 Å². The molecule has 5 rings (SSSR count). The van der Waals surface area contributed by atoms with Crippen LogP contribution in [0.25, 0.3) is 0 Å². The zero-order valence-corrected chi connectivity index (χ0v) is 19.8. The molecule has 0 bridgehead atoms. The first-order valence-electron chi connectivity index (χ1n) is 11.2. The summed E-state index contributed by atoms with van der Waals surface area (Å²) in [4.78, 5) is 13.4. The number of nitrogens with one attached hydrogen (secondary N) is 1. The fraction of sp³-hybridized carbons (Fsp3) is 0.478. The summed E-state index contributed by atoms with van der Waals surface area (Å²) in [6.45, 7) is 5.76. The van der Waals surface area contributed by atoms with Crippen molar-refractivity contribution in [2.24, 2.45) is 15.3 Å². The number of aromatic nitrogens is 2. The third kappa shape index (κ3) is 4.49. The lowest BCUT2D eigenvalue weighted by molar-refractivity contribution is 0.171. The molecule has 174 valence electrons. The van der Waals surface area contributed by atoms with E-state index in [2.05, 4.69) is 44.1 Å². The van der Waals surface area contributed by atoms with Crippen molar-refractivity contribution in [3.05, 3.63) is 41.2 Å². The van der Waals surface area contributed by atoms with Crippen molar-refractivity contribution in [2.75, 3.05) is 5.73 Å². The van der Waals surface area contributed by atoms with Crippen molar-refractivity contribution in [2.45, 2.75) is 64.4 Å². The molecule has 1 aromatic carbocycles. The fourth-order valence-corrected chi connectivity index (χ4v) is 5.36. The van der Waals surface area contributed by atoms with Gasteiger partial charge in [-0.25, -0.2) is 19.7 Å². The Kier molecular flexibility index (Phi) is 5.65. The predicted octanol–water partition coefficient (Wildman–Crippen LogP) is 3.83. The second kappa shape index (κ2) is 8.49. The van der Waals surface area contributed by atoms with Crippen LogP contribution in [0.5, 0.6) is 5.88 Å². The van der Waals surface area contributed by atoms with E-state index in [0.29, 0.717) is 40.9 Å². The number of nitrogen functional groups attached to an aromatic ring is 1. The molecule has 10 heteroatoms. The quantitative estimate of drug-likeness (QED) is 0.699.